The second-order valence-electron chi connectivity index (χ2n) is 8.88. The maximum absolute atomic E-state index is 4.77. The number of nitrogens with zero attached hydrogens (tertiary/aromatic N) is 4. The fourth-order valence-electron chi connectivity index (χ4n) is 4.81. The smallest absolute Gasteiger partial charge is 0.153 e. The number of hydrogen-bond donors (Lipinski definition) is 0. The molecule has 1 aliphatic heterocycles. The van der Waals surface area contributed by atoms with Gasteiger partial charge < -0.3 is 4.90 Å². The minimum absolute atomic E-state index is 0.0695. The first-order valence-corrected chi connectivity index (χ1v) is 11.2. The minimum atomic E-state index is -0.0695. The quantitative estimate of drug-likeness (QED) is 0.309. The zero-order valence-corrected chi connectivity index (χ0v) is 18.7. The number of rotatable bonds is 3. The standard InChI is InChI=1S/C29H24N4/c1-29(2)23-12-6-8-14-26(23)33(27-15-9-7-13-24(27)29)22-16-17-28(30-20-22)32-19-18-25(31-32)21-10-4-3-5-11-21/h3-20H,1-2H3. The Morgan fingerprint density at radius 3 is 1.94 bits per heavy atom. The number of anilines is 3. The third-order valence-corrected chi connectivity index (χ3v) is 6.52. The van der Waals surface area contributed by atoms with Crippen LogP contribution in [0.5, 0.6) is 0 Å². The third-order valence-electron chi connectivity index (χ3n) is 6.52. The molecule has 4 nitrogen and oxygen atoms in total. The molecule has 1 aliphatic rings. The first kappa shape index (κ1) is 19.5. The molecule has 160 valence electrons. The molecule has 0 saturated heterocycles. The Hall–Kier alpha value is -4.18. The van der Waals surface area contributed by atoms with Crippen molar-refractivity contribution in [3.8, 4) is 17.1 Å². The molecule has 0 aliphatic carbocycles. The predicted octanol–water partition coefficient (Wildman–Crippen LogP) is 7.04. The van der Waals surface area contributed by atoms with Crippen molar-refractivity contribution in [2.24, 2.45) is 0 Å². The molecule has 0 amide bonds. The highest BCUT2D eigenvalue weighted by molar-refractivity contribution is 5.85. The lowest BCUT2D eigenvalue weighted by Crippen LogP contribution is -2.30. The lowest BCUT2D eigenvalue weighted by Gasteiger charge is -2.41. The van der Waals surface area contributed by atoms with Gasteiger partial charge in [0.25, 0.3) is 0 Å². The van der Waals surface area contributed by atoms with Crippen LogP contribution in [0.1, 0.15) is 25.0 Å². The van der Waals surface area contributed by atoms with E-state index in [-0.39, 0.29) is 5.41 Å². The van der Waals surface area contributed by atoms with Crippen LogP contribution in [0.3, 0.4) is 0 Å². The molecule has 0 spiro atoms. The molecule has 2 aromatic heterocycles. The van der Waals surface area contributed by atoms with Gasteiger partial charge in [-0.25, -0.2) is 9.67 Å². The summed E-state index contributed by atoms with van der Waals surface area (Å²) >= 11 is 0. The summed E-state index contributed by atoms with van der Waals surface area (Å²) in [6.07, 6.45) is 3.89. The Morgan fingerprint density at radius 1 is 0.667 bits per heavy atom. The second-order valence-corrected chi connectivity index (χ2v) is 8.88. The molecule has 0 fully saturated rings. The van der Waals surface area contributed by atoms with Crippen LogP contribution in [-0.4, -0.2) is 14.8 Å². The molecule has 0 N–H and O–H groups in total. The van der Waals surface area contributed by atoms with Gasteiger partial charge >= 0.3 is 0 Å². The first-order chi connectivity index (χ1) is 16.1. The van der Waals surface area contributed by atoms with Crippen LogP contribution >= 0.6 is 0 Å². The second kappa shape index (κ2) is 7.45. The van der Waals surface area contributed by atoms with Gasteiger partial charge in [0.05, 0.1) is 29.0 Å². The van der Waals surface area contributed by atoms with Crippen molar-refractivity contribution in [1.29, 1.82) is 0 Å². The first-order valence-electron chi connectivity index (χ1n) is 11.2. The molecule has 0 atom stereocenters. The van der Waals surface area contributed by atoms with Crippen LogP contribution in [0.2, 0.25) is 0 Å². The fourth-order valence-corrected chi connectivity index (χ4v) is 4.81. The summed E-state index contributed by atoms with van der Waals surface area (Å²) in [6.45, 7) is 4.59. The van der Waals surface area contributed by atoms with Crippen LogP contribution in [0.25, 0.3) is 17.1 Å². The van der Waals surface area contributed by atoms with E-state index in [4.69, 9.17) is 10.1 Å². The van der Waals surface area contributed by atoms with Crippen LogP contribution in [0.15, 0.2) is 109 Å². The summed E-state index contributed by atoms with van der Waals surface area (Å²) < 4.78 is 1.83. The van der Waals surface area contributed by atoms with Gasteiger partial charge in [-0.3, -0.25) is 0 Å². The molecule has 0 saturated carbocycles. The van der Waals surface area contributed by atoms with Crippen molar-refractivity contribution in [2.75, 3.05) is 4.90 Å². The van der Waals surface area contributed by atoms with E-state index in [1.54, 1.807) is 0 Å². The normalized spacial score (nSPS) is 13.9. The summed E-state index contributed by atoms with van der Waals surface area (Å²) in [4.78, 5) is 7.08. The van der Waals surface area contributed by atoms with Crippen LogP contribution < -0.4 is 4.90 Å². The van der Waals surface area contributed by atoms with Crippen molar-refractivity contribution in [3.05, 3.63) is 121 Å². The maximum Gasteiger partial charge on any atom is 0.153 e. The van der Waals surface area contributed by atoms with Gasteiger partial charge in [-0.1, -0.05) is 80.6 Å². The van der Waals surface area contributed by atoms with E-state index in [1.165, 1.54) is 22.5 Å². The summed E-state index contributed by atoms with van der Waals surface area (Å²) in [5.41, 5.74) is 8.01. The van der Waals surface area contributed by atoms with E-state index in [9.17, 15) is 0 Å². The largest absolute Gasteiger partial charge is 0.308 e. The Kier molecular flexibility index (Phi) is 4.40. The molecule has 3 aromatic carbocycles. The Labute approximate surface area is 193 Å². The van der Waals surface area contributed by atoms with Crippen LogP contribution in [0, 0.1) is 0 Å². The minimum Gasteiger partial charge on any atom is -0.308 e. The van der Waals surface area contributed by atoms with Crippen molar-refractivity contribution in [2.45, 2.75) is 19.3 Å². The molecule has 6 rings (SSSR count). The van der Waals surface area contributed by atoms with Gasteiger partial charge in [0, 0.05) is 17.2 Å². The number of benzene rings is 3. The van der Waals surface area contributed by atoms with Gasteiger partial charge in [0.1, 0.15) is 0 Å². The predicted molar refractivity (Wildman–Crippen MR) is 134 cm³/mol. The Bertz CT molecular complexity index is 1380. The molecule has 4 heteroatoms. The summed E-state index contributed by atoms with van der Waals surface area (Å²) in [5, 5.41) is 4.72. The zero-order chi connectivity index (χ0) is 22.4. The van der Waals surface area contributed by atoms with E-state index < -0.39 is 0 Å². The summed E-state index contributed by atoms with van der Waals surface area (Å²) in [7, 11) is 0. The maximum atomic E-state index is 4.77. The Morgan fingerprint density at radius 2 is 1.30 bits per heavy atom. The van der Waals surface area contributed by atoms with E-state index in [0.29, 0.717) is 0 Å². The lowest BCUT2D eigenvalue weighted by atomic mass is 9.73. The summed E-state index contributed by atoms with van der Waals surface area (Å²) in [5.74, 6) is 0.792. The van der Waals surface area contributed by atoms with Crippen LogP contribution in [0.4, 0.5) is 17.1 Å². The average Bonchev–Trinajstić information content (AvgIpc) is 3.36. The van der Waals surface area contributed by atoms with Gasteiger partial charge in [-0.2, -0.15) is 5.10 Å². The number of para-hydroxylation sites is 2. The molecule has 0 bridgehead atoms. The van der Waals surface area contributed by atoms with Crippen molar-refractivity contribution in [3.63, 3.8) is 0 Å². The molecular weight excluding hydrogens is 404 g/mol. The molecule has 3 heterocycles. The molecule has 0 unspecified atom stereocenters. The molecule has 5 aromatic rings. The van der Waals surface area contributed by atoms with Gasteiger partial charge in [-0.15, -0.1) is 0 Å². The van der Waals surface area contributed by atoms with E-state index in [0.717, 1.165) is 22.8 Å². The number of aromatic nitrogens is 3. The van der Waals surface area contributed by atoms with Gasteiger partial charge in [-0.05, 0) is 41.5 Å². The Balaban J connectivity index is 1.40. The van der Waals surface area contributed by atoms with Crippen LogP contribution in [-0.2, 0) is 5.41 Å². The number of pyridine rings is 1. The topological polar surface area (TPSA) is 34.0 Å². The lowest BCUT2D eigenvalue weighted by molar-refractivity contribution is 0.632. The highest BCUT2D eigenvalue weighted by Crippen LogP contribution is 2.51. The fraction of sp³-hybridized carbons (Fsp3) is 0.103. The molecular formula is C29H24N4. The SMILES string of the molecule is CC1(C)c2ccccc2N(c2ccc(-n3ccc(-c4ccccc4)n3)nc2)c2ccccc21. The van der Waals surface area contributed by atoms with Crippen molar-refractivity contribution < 1.29 is 0 Å². The highest BCUT2D eigenvalue weighted by Gasteiger charge is 2.36. The molecule has 33 heavy (non-hydrogen) atoms. The molecule has 0 radical (unpaired) electrons. The zero-order valence-electron chi connectivity index (χ0n) is 18.7. The van der Waals surface area contributed by atoms with Crippen molar-refractivity contribution in [1.82, 2.24) is 14.8 Å². The van der Waals surface area contributed by atoms with E-state index in [2.05, 4.69) is 85.5 Å². The number of hydrogen-bond acceptors (Lipinski definition) is 3. The highest BCUT2D eigenvalue weighted by atomic mass is 15.3. The number of fused-ring (bicyclic) bond motifs is 2. The third kappa shape index (κ3) is 3.14. The van der Waals surface area contributed by atoms with Gasteiger partial charge in [0.15, 0.2) is 5.82 Å². The van der Waals surface area contributed by atoms with Gasteiger partial charge in [0.2, 0.25) is 0 Å². The van der Waals surface area contributed by atoms with Crippen molar-refractivity contribution >= 4 is 17.1 Å². The average molecular weight is 429 g/mol. The van der Waals surface area contributed by atoms with E-state index in [1.807, 2.05) is 47.4 Å². The summed E-state index contributed by atoms with van der Waals surface area (Å²) in [6, 6.07) is 33.7. The monoisotopic (exact) mass is 428 g/mol. The van der Waals surface area contributed by atoms with E-state index >= 15 is 0 Å².